The summed E-state index contributed by atoms with van der Waals surface area (Å²) in [6, 6.07) is 8.46. The maximum atomic E-state index is 12.6. The molecule has 3 unspecified atom stereocenters. The number of carbonyl (C=O) groups excluding carboxylic acids is 1. The molecule has 2 heterocycles. The summed E-state index contributed by atoms with van der Waals surface area (Å²) in [4.78, 5) is 25.6. The zero-order valence-corrected chi connectivity index (χ0v) is 16.4. The molecule has 1 amide bonds. The number of furan rings is 1. The molecule has 5 nitrogen and oxygen atoms in total. The second kappa shape index (κ2) is 7.15. The van der Waals surface area contributed by atoms with Crippen LogP contribution >= 0.6 is 23.2 Å². The normalized spacial score (nSPS) is 24.1. The first-order valence-electron chi connectivity index (χ1n) is 8.86. The number of carbonyl (C=O) groups is 2. The number of carboxylic acid groups (broad SMARTS) is 1. The summed E-state index contributed by atoms with van der Waals surface area (Å²) in [6.45, 7) is 1.83. The zero-order chi connectivity index (χ0) is 20.0. The first kappa shape index (κ1) is 18.8. The molecule has 1 saturated heterocycles. The van der Waals surface area contributed by atoms with E-state index in [1.54, 1.807) is 36.4 Å². The minimum absolute atomic E-state index is 0.126. The van der Waals surface area contributed by atoms with Gasteiger partial charge in [-0.05, 0) is 55.8 Å². The molecule has 0 spiro atoms. The van der Waals surface area contributed by atoms with Crippen LogP contribution in [0.5, 0.6) is 0 Å². The van der Waals surface area contributed by atoms with Crippen molar-refractivity contribution < 1.29 is 19.1 Å². The van der Waals surface area contributed by atoms with Gasteiger partial charge in [0.15, 0.2) is 5.78 Å². The number of piperidine rings is 1. The lowest BCUT2D eigenvalue weighted by molar-refractivity contribution is -0.119. The fourth-order valence-electron chi connectivity index (χ4n) is 4.06. The van der Waals surface area contributed by atoms with E-state index in [4.69, 9.17) is 27.6 Å². The van der Waals surface area contributed by atoms with Crippen molar-refractivity contribution in [1.82, 2.24) is 4.90 Å². The van der Waals surface area contributed by atoms with E-state index in [0.717, 1.165) is 0 Å². The van der Waals surface area contributed by atoms with E-state index in [0.29, 0.717) is 39.2 Å². The highest BCUT2D eigenvalue weighted by Crippen LogP contribution is 2.45. The van der Waals surface area contributed by atoms with E-state index >= 15 is 0 Å². The van der Waals surface area contributed by atoms with E-state index in [1.807, 2.05) is 13.0 Å². The number of likely N-dealkylation sites (tertiary alicyclic amines) is 1. The number of allylic oxidation sites excluding steroid dienone is 4. The van der Waals surface area contributed by atoms with Gasteiger partial charge in [-0.25, -0.2) is 4.79 Å². The van der Waals surface area contributed by atoms with Crippen molar-refractivity contribution in [3.8, 4) is 11.3 Å². The average molecular weight is 418 g/mol. The van der Waals surface area contributed by atoms with Gasteiger partial charge in [0.1, 0.15) is 11.5 Å². The standard InChI is InChI=1S/C21H17Cl2NO4/c1-11-9-14(20-16(24(11)21(26)27)3-2-4-17(20)25)19-8-7-18(28-19)13-10-12(22)5-6-15(13)23/h2-8,10-11,14,20H,9H2,1H3,(H,26,27). The maximum absolute atomic E-state index is 12.6. The van der Waals surface area contributed by atoms with Gasteiger partial charge in [-0.2, -0.15) is 0 Å². The molecular formula is C21H17Cl2NO4. The summed E-state index contributed by atoms with van der Waals surface area (Å²) < 4.78 is 6.07. The molecule has 2 aliphatic rings. The first-order chi connectivity index (χ1) is 13.4. The minimum atomic E-state index is -1.06. The lowest BCUT2D eigenvalue weighted by Crippen LogP contribution is -2.48. The van der Waals surface area contributed by atoms with Gasteiger partial charge in [0.2, 0.25) is 0 Å². The summed E-state index contributed by atoms with van der Waals surface area (Å²) in [5.41, 5.74) is 1.16. The second-order valence-corrected chi connectivity index (χ2v) is 7.84. The van der Waals surface area contributed by atoms with E-state index < -0.39 is 12.0 Å². The Labute approximate surface area is 171 Å². The van der Waals surface area contributed by atoms with Crippen LogP contribution in [0.4, 0.5) is 4.79 Å². The highest BCUT2D eigenvalue weighted by molar-refractivity contribution is 6.35. The highest BCUT2D eigenvalue weighted by atomic mass is 35.5. The van der Waals surface area contributed by atoms with Crippen LogP contribution in [-0.4, -0.2) is 27.9 Å². The summed E-state index contributed by atoms with van der Waals surface area (Å²) in [7, 11) is 0. The van der Waals surface area contributed by atoms with Gasteiger partial charge in [0.05, 0.1) is 10.9 Å². The van der Waals surface area contributed by atoms with E-state index in [1.165, 1.54) is 11.0 Å². The fraction of sp³-hybridized carbons (Fsp3) is 0.238. The molecule has 28 heavy (non-hydrogen) atoms. The number of ketones is 1. The lowest BCUT2D eigenvalue weighted by Gasteiger charge is -2.42. The fourth-order valence-corrected chi connectivity index (χ4v) is 4.44. The number of halogens is 2. The number of fused-ring (bicyclic) bond motifs is 1. The molecular weight excluding hydrogens is 401 g/mol. The molecule has 1 aliphatic heterocycles. The molecule has 1 aromatic carbocycles. The molecule has 0 saturated carbocycles. The number of amides is 1. The van der Waals surface area contributed by atoms with Gasteiger partial charge >= 0.3 is 6.09 Å². The molecule has 144 valence electrons. The van der Waals surface area contributed by atoms with Crippen LogP contribution < -0.4 is 0 Å². The van der Waals surface area contributed by atoms with Crippen LogP contribution in [0.2, 0.25) is 10.0 Å². The SMILES string of the molecule is CC1CC(c2ccc(-c3cc(Cl)ccc3Cl)o2)C2C(=O)C=CC=C2N1C(=O)O. The van der Waals surface area contributed by atoms with Crippen LogP contribution in [0.1, 0.15) is 25.0 Å². The molecule has 0 radical (unpaired) electrons. The molecule has 3 atom stereocenters. The number of nitrogens with zero attached hydrogens (tertiary/aromatic N) is 1. The van der Waals surface area contributed by atoms with Crippen molar-refractivity contribution in [3.05, 3.63) is 70.1 Å². The Morgan fingerprint density at radius 2 is 2.04 bits per heavy atom. The number of hydrogen-bond donors (Lipinski definition) is 1. The molecule has 1 N–H and O–H groups in total. The molecule has 7 heteroatoms. The number of benzene rings is 1. The Bertz CT molecular complexity index is 1020. The summed E-state index contributed by atoms with van der Waals surface area (Å²) in [5.74, 6) is 0.203. The Balaban J connectivity index is 1.74. The predicted molar refractivity (Wildman–Crippen MR) is 107 cm³/mol. The van der Waals surface area contributed by atoms with Crippen molar-refractivity contribution in [2.75, 3.05) is 0 Å². The van der Waals surface area contributed by atoms with Crippen LogP contribution in [0.25, 0.3) is 11.3 Å². The largest absolute Gasteiger partial charge is 0.465 e. The van der Waals surface area contributed by atoms with Crippen LogP contribution in [0.15, 0.2) is 58.7 Å². The Morgan fingerprint density at radius 1 is 1.25 bits per heavy atom. The summed E-state index contributed by atoms with van der Waals surface area (Å²) in [5, 5.41) is 10.7. The van der Waals surface area contributed by atoms with Crippen LogP contribution in [0.3, 0.4) is 0 Å². The van der Waals surface area contributed by atoms with Gasteiger partial charge in [0, 0.05) is 28.2 Å². The van der Waals surface area contributed by atoms with E-state index in [-0.39, 0.29) is 17.7 Å². The van der Waals surface area contributed by atoms with E-state index in [2.05, 4.69) is 0 Å². The molecule has 2 aromatic rings. The monoisotopic (exact) mass is 417 g/mol. The molecule has 1 aromatic heterocycles. The quantitative estimate of drug-likeness (QED) is 0.675. The first-order valence-corrected chi connectivity index (χ1v) is 9.62. The predicted octanol–water partition coefficient (Wildman–Crippen LogP) is 5.75. The third-order valence-corrected chi connectivity index (χ3v) is 5.83. The molecule has 1 aliphatic carbocycles. The van der Waals surface area contributed by atoms with Gasteiger partial charge in [-0.1, -0.05) is 29.3 Å². The number of rotatable bonds is 2. The number of hydrogen-bond acceptors (Lipinski definition) is 3. The van der Waals surface area contributed by atoms with Gasteiger partial charge in [-0.3, -0.25) is 9.69 Å². The zero-order valence-electron chi connectivity index (χ0n) is 14.9. The molecule has 1 fully saturated rings. The topological polar surface area (TPSA) is 70.8 Å². The third kappa shape index (κ3) is 3.15. The summed E-state index contributed by atoms with van der Waals surface area (Å²) >= 11 is 12.3. The van der Waals surface area contributed by atoms with Gasteiger partial charge in [-0.15, -0.1) is 0 Å². The Hall–Kier alpha value is -2.50. The molecule has 4 rings (SSSR count). The van der Waals surface area contributed by atoms with Crippen molar-refractivity contribution >= 4 is 35.1 Å². The molecule has 0 bridgehead atoms. The average Bonchev–Trinajstić information content (AvgIpc) is 3.12. The van der Waals surface area contributed by atoms with Crippen molar-refractivity contribution in [3.63, 3.8) is 0 Å². The van der Waals surface area contributed by atoms with Crippen molar-refractivity contribution in [2.45, 2.75) is 25.3 Å². The Kier molecular flexibility index (Phi) is 4.81. The van der Waals surface area contributed by atoms with Crippen molar-refractivity contribution in [2.24, 2.45) is 5.92 Å². The maximum Gasteiger partial charge on any atom is 0.411 e. The highest BCUT2D eigenvalue weighted by Gasteiger charge is 2.45. The van der Waals surface area contributed by atoms with Gasteiger partial charge in [0.25, 0.3) is 0 Å². The minimum Gasteiger partial charge on any atom is -0.465 e. The second-order valence-electron chi connectivity index (χ2n) is 7.00. The smallest absolute Gasteiger partial charge is 0.411 e. The van der Waals surface area contributed by atoms with Crippen LogP contribution in [0, 0.1) is 5.92 Å². The van der Waals surface area contributed by atoms with E-state index in [9.17, 15) is 14.7 Å². The van der Waals surface area contributed by atoms with Crippen LogP contribution in [-0.2, 0) is 4.79 Å². The van der Waals surface area contributed by atoms with Gasteiger partial charge < -0.3 is 9.52 Å². The lowest BCUT2D eigenvalue weighted by atomic mass is 9.74. The van der Waals surface area contributed by atoms with Crippen molar-refractivity contribution in [1.29, 1.82) is 0 Å². The Morgan fingerprint density at radius 3 is 2.79 bits per heavy atom. The summed E-state index contributed by atoms with van der Waals surface area (Å²) in [6.07, 6.45) is 4.19. The third-order valence-electron chi connectivity index (χ3n) is 5.26.